The van der Waals surface area contributed by atoms with Gasteiger partial charge in [0, 0.05) is 25.6 Å². The van der Waals surface area contributed by atoms with Crippen LogP contribution in [0.15, 0.2) is 36.4 Å². The van der Waals surface area contributed by atoms with Crippen LogP contribution in [0.25, 0.3) is 0 Å². The lowest BCUT2D eigenvalue weighted by atomic mass is 10.1. The van der Waals surface area contributed by atoms with E-state index in [1.54, 1.807) is 6.07 Å². The summed E-state index contributed by atoms with van der Waals surface area (Å²) in [6.07, 6.45) is 0.585. The lowest BCUT2D eigenvalue weighted by molar-refractivity contribution is 0.0289. The first kappa shape index (κ1) is 18.9. The molecule has 0 amide bonds. The van der Waals surface area contributed by atoms with Crippen molar-refractivity contribution in [3.8, 4) is 11.5 Å². The van der Waals surface area contributed by atoms with E-state index in [0.29, 0.717) is 18.8 Å². The van der Waals surface area contributed by atoms with Crippen LogP contribution in [0, 0.1) is 11.6 Å². The number of hydrogen-bond acceptors (Lipinski definition) is 3. The van der Waals surface area contributed by atoms with E-state index in [1.807, 2.05) is 0 Å². The van der Waals surface area contributed by atoms with E-state index in [2.05, 4.69) is 5.32 Å². The molecule has 2 aromatic carbocycles. The van der Waals surface area contributed by atoms with Gasteiger partial charge in [-0.2, -0.15) is 0 Å². The Morgan fingerprint density at radius 2 is 1.88 bits per heavy atom. The second-order valence-corrected chi connectivity index (χ2v) is 5.74. The van der Waals surface area contributed by atoms with E-state index in [9.17, 15) is 8.78 Å². The molecule has 0 bridgehead atoms. The molecule has 7 heteroatoms. The molecule has 0 aromatic heterocycles. The summed E-state index contributed by atoms with van der Waals surface area (Å²) >= 11 is 5.97. The summed E-state index contributed by atoms with van der Waals surface area (Å²) in [7, 11) is 0. The van der Waals surface area contributed by atoms with Gasteiger partial charge in [-0.05, 0) is 29.8 Å². The molecule has 24 heavy (non-hydrogen) atoms. The summed E-state index contributed by atoms with van der Waals surface area (Å²) in [5, 5.41) is 3.38. The minimum Gasteiger partial charge on any atom is -0.455 e. The van der Waals surface area contributed by atoms with Crippen LogP contribution in [0.3, 0.4) is 0 Å². The summed E-state index contributed by atoms with van der Waals surface area (Å²) in [6.45, 7) is 2.20. The van der Waals surface area contributed by atoms with Gasteiger partial charge < -0.3 is 14.8 Å². The van der Waals surface area contributed by atoms with Gasteiger partial charge in [-0.15, -0.1) is 12.4 Å². The molecule has 1 heterocycles. The van der Waals surface area contributed by atoms with Gasteiger partial charge in [-0.25, -0.2) is 8.78 Å². The third-order valence-corrected chi connectivity index (χ3v) is 3.89. The molecule has 1 saturated heterocycles. The minimum atomic E-state index is -0.455. The predicted octanol–water partition coefficient (Wildman–Crippen LogP) is 4.36. The van der Waals surface area contributed by atoms with E-state index in [-0.39, 0.29) is 29.3 Å². The van der Waals surface area contributed by atoms with Crippen molar-refractivity contribution in [2.45, 2.75) is 12.5 Å². The van der Waals surface area contributed by atoms with Gasteiger partial charge >= 0.3 is 0 Å². The SMILES string of the molecule is Cl.Fc1ccc(Oc2cc(F)ccc2C[C@H]2CNCCO2)c(Cl)c1. The van der Waals surface area contributed by atoms with Gasteiger partial charge in [0.15, 0.2) is 0 Å². The normalized spacial score (nSPS) is 17.2. The van der Waals surface area contributed by atoms with Crippen LogP contribution in [0.2, 0.25) is 5.02 Å². The predicted molar refractivity (Wildman–Crippen MR) is 91.4 cm³/mol. The summed E-state index contributed by atoms with van der Waals surface area (Å²) < 4.78 is 38.1. The van der Waals surface area contributed by atoms with E-state index >= 15 is 0 Å². The van der Waals surface area contributed by atoms with Crippen LogP contribution >= 0.6 is 24.0 Å². The molecule has 0 radical (unpaired) electrons. The molecule has 0 unspecified atom stereocenters. The van der Waals surface area contributed by atoms with Gasteiger partial charge in [0.05, 0.1) is 17.7 Å². The Hall–Kier alpha value is -1.40. The summed E-state index contributed by atoms with van der Waals surface area (Å²) in [5.41, 5.74) is 0.806. The van der Waals surface area contributed by atoms with Crippen LogP contribution in [0.4, 0.5) is 8.78 Å². The highest BCUT2D eigenvalue weighted by atomic mass is 35.5. The number of ether oxygens (including phenoxy) is 2. The van der Waals surface area contributed by atoms with Gasteiger partial charge in [0.25, 0.3) is 0 Å². The van der Waals surface area contributed by atoms with Crippen molar-refractivity contribution in [2.75, 3.05) is 19.7 Å². The first-order chi connectivity index (χ1) is 11.1. The fraction of sp³-hybridized carbons (Fsp3) is 0.294. The van der Waals surface area contributed by atoms with Crippen molar-refractivity contribution in [3.05, 3.63) is 58.6 Å². The highest BCUT2D eigenvalue weighted by Crippen LogP contribution is 2.33. The van der Waals surface area contributed by atoms with Crippen LogP contribution in [-0.4, -0.2) is 25.8 Å². The Labute approximate surface area is 150 Å². The van der Waals surface area contributed by atoms with Gasteiger partial charge in [0.2, 0.25) is 0 Å². The molecule has 3 nitrogen and oxygen atoms in total. The quantitative estimate of drug-likeness (QED) is 0.860. The lowest BCUT2D eigenvalue weighted by Gasteiger charge is -2.24. The summed E-state index contributed by atoms with van der Waals surface area (Å²) in [6, 6.07) is 8.17. The van der Waals surface area contributed by atoms with E-state index in [0.717, 1.165) is 24.7 Å². The maximum atomic E-state index is 13.6. The average molecular weight is 376 g/mol. The number of hydrogen-bond donors (Lipinski definition) is 1. The van der Waals surface area contributed by atoms with E-state index in [4.69, 9.17) is 21.1 Å². The second kappa shape index (κ2) is 8.62. The maximum Gasteiger partial charge on any atom is 0.146 e. The maximum absolute atomic E-state index is 13.6. The van der Waals surface area contributed by atoms with Crippen LogP contribution in [0.5, 0.6) is 11.5 Å². The molecule has 1 aliphatic heterocycles. The fourth-order valence-corrected chi connectivity index (χ4v) is 2.67. The largest absolute Gasteiger partial charge is 0.455 e. The topological polar surface area (TPSA) is 30.5 Å². The third kappa shape index (κ3) is 4.80. The van der Waals surface area contributed by atoms with Gasteiger partial charge in [-0.1, -0.05) is 17.7 Å². The average Bonchev–Trinajstić information content (AvgIpc) is 2.54. The molecule has 1 aliphatic rings. The minimum absolute atomic E-state index is 0. The molecule has 130 valence electrons. The lowest BCUT2D eigenvalue weighted by Crippen LogP contribution is -2.39. The van der Waals surface area contributed by atoms with Crippen molar-refractivity contribution >= 4 is 24.0 Å². The number of benzene rings is 2. The molecule has 2 aromatic rings. The van der Waals surface area contributed by atoms with E-state index < -0.39 is 11.6 Å². The monoisotopic (exact) mass is 375 g/mol. The number of morpholine rings is 1. The van der Waals surface area contributed by atoms with Crippen molar-refractivity contribution < 1.29 is 18.3 Å². The van der Waals surface area contributed by atoms with Crippen molar-refractivity contribution in [2.24, 2.45) is 0 Å². The smallest absolute Gasteiger partial charge is 0.146 e. The van der Waals surface area contributed by atoms with Crippen LogP contribution < -0.4 is 10.1 Å². The van der Waals surface area contributed by atoms with Gasteiger partial charge in [0.1, 0.15) is 23.1 Å². The molecule has 3 rings (SSSR count). The third-order valence-electron chi connectivity index (χ3n) is 3.60. The Bertz CT molecular complexity index is 694. The first-order valence-corrected chi connectivity index (χ1v) is 7.73. The highest BCUT2D eigenvalue weighted by molar-refractivity contribution is 6.32. The zero-order valence-corrected chi connectivity index (χ0v) is 14.3. The zero-order chi connectivity index (χ0) is 16.2. The summed E-state index contributed by atoms with van der Waals surface area (Å²) in [4.78, 5) is 0. The van der Waals surface area contributed by atoms with Crippen molar-refractivity contribution in [3.63, 3.8) is 0 Å². The molecule has 0 aliphatic carbocycles. The van der Waals surface area contributed by atoms with Crippen LogP contribution in [0.1, 0.15) is 5.56 Å². The number of halogens is 4. The second-order valence-electron chi connectivity index (χ2n) is 5.33. The highest BCUT2D eigenvalue weighted by Gasteiger charge is 2.17. The molecule has 1 atom stereocenters. The number of nitrogens with one attached hydrogen (secondary N) is 1. The first-order valence-electron chi connectivity index (χ1n) is 7.35. The fourth-order valence-electron chi connectivity index (χ4n) is 2.46. The van der Waals surface area contributed by atoms with Crippen molar-refractivity contribution in [1.29, 1.82) is 0 Å². The van der Waals surface area contributed by atoms with Gasteiger partial charge in [-0.3, -0.25) is 0 Å². The standard InChI is InChI=1S/C17H16ClF2NO2.ClH/c18-15-8-12(19)3-4-16(15)23-17-9-13(20)2-1-11(17)7-14-10-21-5-6-22-14;/h1-4,8-9,14,21H,5-7,10H2;1H/t14-;/m0./s1. The molecule has 1 fully saturated rings. The Balaban J connectivity index is 0.00000208. The molecular weight excluding hydrogens is 359 g/mol. The molecule has 0 spiro atoms. The Morgan fingerprint density at radius 1 is 1.12 bits per heavy atom. The van der Waals surface area contributed by atoms with Crippen molar-refractivity contribution in [1.82, 2.24) is 5.32 Å². The van der Waals surface area contributed by atoms with Crippen LogP contribution in [-0.2, 0) is 11.2 Å². The Morgan fingerprint density at radius 3 is 2.58 bits per heavy atom. The zero-order valence-electron chi connectivity index (χ0n) is 12.7. The number of rotatable bonds is 4. The molecule has 1 N–H and O–H groups in total. The Kier molecular flexibility index (Phi) is 6.80. The molecule has 0 saturated carbocycles. The molecular formula is C17H17Cl2F2NO2. The van der Waals surface area contributed by atoms with E-state index in [1.165, 1.54) is 24.3 Å². The summed E-state index contributed by atoms with van der Waals surface area (Å²) in [5.74, 6) is -0.233.